The summed E-state index contributed by atoms with van der Waals surface area (Å²) in [6.45, 7) is 19.5. The molecule has 2 aliphatic rings. The summed E-state index contributed by atoms with van der Waals surface area (Å²) in [4.78, 5) is 0. The van der Waals surface area contributed by atoms with Gasteiger partial charge in [-0.25, -0.2) is 7.05 Å². The van der Waals surface area contributed by atoms with E-state index in [-0.39, 0.29) is 15.5 Å². The normalized spacial score (nSPS) is 18.4. The first-order chi connectivity index (χ1) is 11.6. The van der Waals surface area contributed by atoms with Crippen LogP contribution in [0.15, 0.2) is 24.3 Å². The van der Waals surface area contributed by atoms with Gasteiger partial charge in [-0.2, -0.15) is 0 Å². The predicted octanol–water partition coefficient (Wildman–Crippen LogP) is 8.42. The van der Waals surface area contributed by atoms with Crippen molar-refractivity contribution in [2.75, 3.05) is 0 Å². The zero-order chi connectivity index (χ0) is 20.8. The van der Waals surface area contributed by atoms with Gasteiger partial charge in [0.2, 0.25) is 0 Å². The first kappa shape index (κ1) is 27.0. The molecule has 2 aliphatic carbocycles. The predicted molar refractivity (Wildman–Crippen MR) is 119 cm³/mol. The van der Waals surface area contributed by atoms with E-state index < -0.39 is 24.1 Å². The maximum atomic E-state index is 11.1. The van der Waals surface area contributed by atoms with Crippen LogP contribution in [-0.4, -0.2) is 15.5 Å². The summed E-state index contributed by atoms with van der Waals surface area (Å²) in [6, 6.07) is 0. The fourth-order valence-corrected chi connectivity index (χ4v) is 10.1. The van der Waals surface area contributed by atoms with Gasteiger partial charge in [0, 0.05) is 11.8 Å². The first-order valence-electron chi connectivity index (χ1n) is 8.82. The fraction of sp³-hybridized carbons (Fsp3) is 0.571. The Bertz CT molecular complexity index is 461. The minimum absolute atomic E-state index is 0.0104. The van der Waals surface area contributed by atoms with Crippen LogP contribution in [-0.2, 0) is 17.0 Å². The number of nitrogens with zero attached hydrogens (tertiary/aromatic N) is 1. The molecule has 0 aliphatic heterocycles. The fourth-order valence-electron chi connectivity index (χ4n) is 4.09. The van der Waals surface area contributed by atoms with Crippen LogP contribution in [0.25, 0.3) is 5.16 Å². The molecule has 0 atom stereocenters. The van der Waals surface area contributed by atoms with E-state index in [0.717, 1.165) is 0 Å². The topological polar surface area (TPSA) is 22.3 Å². The van der Waals surface area contributed by atoms with Crippen LogP contribution in [0.3, 0.4) is 0 Å². The van der Waals surface area contributed by atoms with E-state index in [9.17, 15) is 5.16 Å². The summed E-state index contributed by atoms with van der Waals surface area (Å²) in [5.74, 6) is 2.66. The average molecular weight is 450 g/mol. The Hall–Kier alpha value is 1.00. The SMILES string of the molecule is CC(C)(C)P(=[N-])(C(C)(C)C)C(C)(C)C.[CH]1[CH][C]2C=CC=C[C]2[CH]1.[Cl][Ti][Cl]. The summed E-state index contributed by atoms with van der Waals surface area (Å²) in [5.41, 5.74) is 0. The quantitative estimate of drug-likeness (QED) is 0.261. The van der Waals surface area contributed by atoms with Crippen LogP contribution in [0.5, 0.6) is 0 Å². The summed E-state index contributed by atoms with van der Waals surface area (Å²) in [5, 5.41) is 11.1. The Kier molecular flexibility index (Phi) is 11.1. The molecule has 1 nitrogen and oxygen atoms in total. The second kappa shape index (κ2) is 10.7. The van der Waals surface area contributed by atoms with Gasteiger partial charge >= 0.3 is 35.6 Å². The molecule has 5 heteroatoms. The van der Waals surface area contributed by atoms with E-state index in [4.69, 9.17) is 18.6 Å². The number of rotatable bonds is 0. The Morgan fingerprint density at radius 3 is 1.19 bits per heavy atom. The monoisotopic (exact) mass is 449 g/mol. The molecule has 0 amide bonds. The van der Waals surface area contributed by atoms with Crippen LogP contribution in [0, 0.1) is 31.1 Å². The van der Waals surface area contributed by atoms with Crippen molar-refractivity contribution in [3.8, 4) is 0 Å². The summed E-state index contributed by atoms with van der Waals surface area (Å²) in [7, 11) is 7.76. The Morgan fingerprint density at radius 1 is 0.731 bits per heavy atom. The minimum atomic E-state index is -2.02. The van der Waals surface area contributed by atoms with Crippen molar-refractivity contribution in [3.05, 3.63) is 60.6 Å². The molecule has 0 aromatic carbocycles. The molecule has 5 radical (unpaired) electrons. The molecule has 0 spiro atoms. The number of hydrogen-bond donors (Lipinski definition) is 0. The van der Waals surface area contributed by atoms with Gasteiger partial charge in [-0.3, -0.25) is 0 Å². The molecule has 26 heavy (non-hydrogen) atoms. The third-order valence-corrected chi connectivity index (χ3v) is 10.3. The van der Waals surface area contributed by atoms with Gasteiger partial charge < -0.3 is 5.16 Å². The summed E-state index contributed by atoms with van der Waals surface area (Å²) >= 11 is -0.556. The van der Waals surface area contributed by atoms with E-state index >= 15 is 0 Å². The zero-order valence-corrected chi connectivity index (χ0v) is 21.7. The molecule has 0 bridgehead atoms. The molecule has 0 heterocycles. The summed E-state index contributed by atoms with van der Waals surface area (Å²) in [6.07, 6.45) is 14.7. The molecule has 1 fully saturated rings. The van der Waals surface area contributed by atoms with Crippen LogP contribution >= 0.6 is 25.7 Å². The van der Waals surface area contributed by atoms with Gasteiger partial charge in [-0.15, -0.1) is 0 Å². The van der Waals surface area contributed by atoms with E-state index in [1.165, 1.54) is 11.8 Å². The van der Waals surface area contributed by atoms with Crippen molar-refractivity contribution in [3.63, 3.8) is 0 Å². The number of fused-ring (bicyclic) bond motifs is 1. The number of hydrogen-bond acceptors (Lipinski definition) is 0. The molecule has 0 saturated heterocycles. The van der Waals surface area contributed by atoms with E-state index in [1.807, 2.05) is 0 Å². The van der Waals surface area contributed by atoms with Crippen molar-refractivity contribution >= 4 is 25.7 Å². The molecule has 0 aromatic heterocycles. The first-order valence-corrected chi connectivity index (χ1v) is 14.9. The molecule has 147 valence electrons. The van der Waals surface area contributed by atoms with E-state index in [0.29, 0.717) is 0 Å². The Labute approximate surface area is 180 Å². The van der Waals surface area contributed by atoms with Gasteiger partial charge in [0.1, 0.15) is 0 Å². The molecular weight excluding hydrogens is 416 g/mol. The van der Waals surface area contributed by atoms with E-state index in [2.05, 4.69) is 106 Å². The van der Waals surface area contributed by atoms with Gasteiger partial charge in [-0.05, 0) is 34.7 Å². The van der Waals surface area contributed by atoms with Gasteiger partial charge in [-0.1, -0.05) is 86.6 Å². The van der Waals surface area contributed by atoms with Gasteiger partial charge in [0.15, 0.2) is 0 Å². The number of allylic oxidation sites excluding steroid dienone is 4. The molecule has 0 N–H and O–H groups in total. The van der Waals surface area contributed by atoms with Crippen LogP contribution in [0.4, 0.5) is 0 Å². The Balaban J connectivity index is 0.000000440. The van der Waals surface area contributed by atoms with Gasteiger partial charge in [0.05, 0.1) is 0 Å². The van der Waals surface area contributed by atoms with Crippen molar-refractivity contribution in [2.24, 2.45) is 0 Å². The Morgan fingerprint density at radius 2 is 1.00 bits per heavy atom. The molecule has 0 unspecified atom stereocenters. The van der Waals surface area contributed by atoms with Crippen molar-refractivity contribution in [1.82, 2.24) is 0 Å². The third-order valence-electron chi connectivity index (χ3n) is 4.46. The third kappa shape index (κ3) is 7.11. The van der Waals surface area contributed by atoms with Crippen LogP contribution < -0.4 is 0 Å². The molecule has 0 aromatic rings. The van der Waals surface area contributed by atoms with Crippen molar-refractivity contribution in [1.29, 1.82) is 0 Å². The average Bonchev–Trinajstić information content (AvgIpc) is 2.92. The number of halogens is 2. The summed E-state index contributed by atoms with van der Waals surface area (Å²) < 4.78 is 0. The van der Waals surface area contributed by atoms with Crippen molar-refractivity contribution in [2.45, 2.75) is 77.8 Å². The maximum absolute atomic E-state index is 11.1. The standard InChI is InChI=1S/C12H27NP.C9H7.2ClH.Ti/c1-10(2,3)14(13,11(4,5)6)12(7,8)9;1-2-5-9-7-3-6-8(9)4-1;;;/h1-9H3;1-7H;2*1H;/q-1;;;;+2/p-2. The molecular formula is C21H34Cl2NPTi-. The van der Waals surface area contributed by atoms with E-state index in [1.54, 1.807) is 0 Å². The molecule has 1 saturated carbocycles. The second-order valence-electron chi connectivity index (χ2n) is 9.37. The van der Waals surface area contributed by atoms with Gasteiger partial charge in [0.25, 0.3) is 0 Å². The second-order valence-corrected chi connectivity index (χ2v) is 17.2. The van der Waals surface area contributed by atoms with Crippen LogP contribution in [0.1, 0.15) is 62.3 Å². The van der Waals surface area contributed by atoms with Crippen LogP contribution in [0.2, 0.25) is 0 Å². The zero-order valence-electron chi connectivity index (χ0n) is 17.7. The van der Waals surface area contributed by atoms with Crippen molar-refractivity contribution < 1.29 is 17.0 Å². The molecule has 2 rings (SSSR count).